The molecule has 5 heteroatoms. The van der Waals surface area contributed by atoms with Crippen molar-refractivity contribution in [2.75, 3.05) is 26.0 Å². The van der Waals surface area contributed by atoms with Crippen LogP contribution >= 0.6 is 0 Å². The van der Waals surface area contributed by atoms with Crippen molar-refractivity contribution in [3.63, 3.8) is 0 Å². The van der Waals surface area contributed by atoms with Gasteiger partial charge in [0.1, 0.15) is 5.82 Å². The topological polar surface area (TPSA) is 58.4 Å². The van der Waals surface area contributed by atoms with Crippen LogP contribution in [0, 0.1) is 17.7 Å². The number of halogens is 1. The number of nitrogens with zero attached hydrogens (tertiary/aromatic N) is 1. The van der Waals surface area contributed by atoms with Gasteiger partial charge < -0.3 is 16.0 Å². The number of nitrogens with one attached hydrogen (secondary N) is 1. The molecule has 4 nitrogen and oxygen atoms in total. The van der Waals surface area contributed by atoms with Crippen molar-refractivity contribution in [3.05, 3.63) is 29.6 Å². The fourth-order valence-electron chi connectivity index (χ4n) is 1.10. The fraction of sp³-hybridized carbons (Fsp3) is 0.250. The van der Waals surface area contributed by atoms with Gasteiger partial charge in [-0.15, -0.1) is 0 Å². The predicted octanol–water partition coefficient (Wildman–Crippen LogP) is 1.23. The average Bonchev–Trinajstić information content (AvgIpc) is 2.29. The lowest BCUT2D eigenvalue weighted by Crippen LogP contribution is -2.27. The molecule has 2 amide bonds. The quantitative estimate of drug-likeness (QED) is 0.719. The summed E-state index contributed by atoms with van der Waals surface area (Å²) in [4.78, 5) is 12.8. The lowest BCUT2D eigenvalue weighted by Gasteiger charge is -2.13. The maximum Gasteiger partial charge on any atom is 0.321 e. The molecule has 0 spiro atoms. The highest BCUT2D eigenvalue weighted by Gasteiger charge is 2.07. The molecule has 1 rings (SSSR count). The van der Waals surface area contributed by atoms with Crippen LogP contribution in [-0.4, -0.2) is 31.6 Å². The largest absolute Gasteiger partial charge is 0.331 e. The Morgan fingerprint density at radius 1 is 1.53 bits per heavy atom. The second-order valence-corrected chi connectivity index (χ2v) is 3.52. The highest BCUT2D eigenvalue weighted by Crippen LogP contribution is 2.16. The van der Waals surface area contributed by atoms with Crippen molar-refractivity contribution >= 4 is 11.7 Å². The normalized spacial score (nSPS) is 9.18. The zero-order valence-electron chi connectivity index (χ0n) is 9.75. The van der Waals surface area contributed by atoms with Crippen LogP contribution in [0.25, 0.3) is 0 Å². The summed E-state index contributed by atoms with van der Waals surface area (Å²) in [5.74, 6) is 4.92. The van der Waals surface area contributed by atoms with Crippen LogP contribution in [0.15, 0.2) is 18.2 Å². The van der Waals surface area contributed by atoms with E-state index in [9.17, 15) is 9.18 Å². The summed E-state index contributed by atoms with van der Waals surface area (Å²) in [7, 11) is 3.23. The van der Waals surface area contributed by atoms with E-state index in [0.717, 1.165) is 0 Å². The first kappa shape index (κ1) is 13.0. The molecule has 0 aromatic heterocycles. The summed E-state index contributed by atoms with van der Waals surface area (Å²) in [6, 6.07) is 3.69. The van der Waals surface area contributed by atoms with Gasteiger partial charge in [-0.2, -0.15) is 0 Å². The Bertz CT molecular complexity index is 474. The average molecular weight is 235 g/mol. The lowest BCUT2D eigenvalue weighted by atomic mass is 10.1. The van der Waals surface area contributed by atoms with Crippen molar-refractivity contribution in [2.45, 2.75) is 0 Å². The zero-order chi connectivity index (χ0) is 12.8. The van der Waals surface area contributed by atoms with Crippen molar-refractivity contribution < 1.29 is 9.18 Å². The van der Waals surface area contributed by atoms with Gasteiger partial charge >= 0.3 is 6.03 Å². The Hall–Kier alpha value is -2.06. The third-order valence-corrected chi connectivity index (χ3v) is 1.95. The van der Waals surface area contributed by atoms with Crippen LogP contribution in [-0.2, 0) is 0 Å². The summed E-state index contributed by atoms with van der Waals surface area (Å²) in [5, 5.41) is 2.62. The predicted molar refractivity (Wildman–Crippen MR) is 65.0 cm³/mol. The van der Waals surface area contributed by atoms with Crippen molar-refractivity contribution in [1.29, 1.82) is 0 Å². The molecule has 0 aliphatic carbocycles. The molecule has 17 heavy (non-hydrogen) atoms. The number of amides is 2. The molecule has 0 saturated carbocycles. The molecule has 0 unspecified atom stereocenters. The fourth-order valence-corrected chi connectivity index (χ4v) is 1.10. The van der Waals surface area contributed by atoms with E-state index in [1.165, 1.54) is 23.1 Å². The van der Waals surface area contributed by atoms with Crippen molar-refractivity contribution in [1.82, 2.24) is 4.90 Å². The number of anilines is 1. The number of carbonyl (C=O) groups is 1. The molecule has 0 aliphatic rings. The van der Waals surface area contributed by atoms with Gasteiger partial charge in [0, 0.05) is 14.1 Å². The van der Waals surface area contributed by atoms with Gasteiger partial charge in [-0.1, -0.05) is 11.8 Å². The van der Waals surface area contributed by atoms with E-state index < -0.39 is 5.82 Å². The first-order valence-corrected chi connectivity index (χ1v) is 5.01. The summed E-state index contributed by atoms with van der Waals surface area (Å²) in [6.07, 6.45) is 0. The molecule has 0 atom stereocenters. The second kappa shape index (κ2) is 5.87. The van der Waals surface area contributed by atoms with Gasteiger partial charge in [-0.05, 0) is 18.2 Å². The highest BCUT2D eigenvalue weighted by atomic mass is 19.1. The minimum Gasteiger partial charge on any atom is -0.331 e. The Morgan fingerprint density at radius 3 is 2.82 bits per heavy atom. The molecule has 0 saturated heterocycles. The third kappa shape index (κ3) is 3.78. The first-order chi connectivity index (χ1) is 8.04. The summed E-state index contributed by atoms with van der Waals surface area (Å²) >= 11 is 0. The van der Waals surface area contributed by atoms with Crippen LogP contribution in [0.5, 0.6) is 0 Å². The van der Waals surface area contributed by atoms with Gasteiger partial charge in [-0.25, -0.2) is 9.18 Å². The SMILES string of the molecule is CN(C)C(=O)Nc1ccc(F)cc1C#CCN. The highest BCUT2D eigenvalue weighted by molar-refractivity contribution is 5.90. The summed E-state index contributed by atoms with van der Waals surface area (Å²) < 4.78 is 13.0. The zero-order valence-corrected chi connectivity index (χ0v) is 9.75. The van der Waals surface area contributed by atoms with E-state index in [2.05, 4.69) is 17.2 Å². The standard InChI is InChI=1S/C12H14FN3O/c1-16(2)12(17)15-11-6-5-10(13)8-9(11)4-3-7-14/h5-6,8H,7,14H2,1-2H3,(H,15,17). The number of hydrogen-bond donors (Lipinski definition) is 2. The molecular formula is C12H14FN3O. The molecule has 3 N–H and O–H groups in total. The minimum absolute atomic E-state index is 0.178. The minimum atomic E-state index is -0.408. The molecule has 0 fully saturated rings. The maximum absolute atomic E-state index is 13.0. The molecule has 1 aromatic carbocycles. The molecule has 0 bridgehead atoms. The number of benzene rings is 1. The second-order valence-electron chi connectivity index (χ2n) is 3.52. The Labute approximate surface area is 99.6 Å². The first-order valence-electron chi connectivity index (χ1n) is 5.01. The van der Waals surface area contributed by atoms with Gasteiger partial charge in [0.15, 0.2) is 0 Å². The van der Waals surface area contributed by atoms with E-state index in [0.29, 0.717) is 11.3 Å². The maximum atomic E-state index is 13.0. The van der Waals surface area contributed by atoms with Crippen LogP contribution in [0.2, 0.25) is 0 Å². The Kier molecular flexibility index (Phi) is 4.49. The number of carbonyl (C=O) groups excluding carboxylic acids is 1. The Morgan fingerprint density at radius 2 is 2.24 bits per heavy atom. The summed E-state index contributed by atoms with van der Waals surface area (Å²) in [6.45, 7) is 0.178. The molecule has 90 valence electrons. The number of urea groups is 1. The lowest BCUT2D eigenvalue weighted by molar-refractivity contribution is 0.230. The van der Waals surface area contributed by atoms with E-state index in [-0.39, 0.29) is 12.6 Å². The van der Waals surface area contributed by atoms with E-state index >= 15 is 0 Å². The van der Waals surface area contributed by atoms with Crippen LogP contribution in [0.4, 0.5) is 14.9 Å². The van der Waals surface area contributed by atoms with Crippen LogP contribution in [0.3, 0.4) is 0 Å². The van der Waals surface area contributed by atoms with Crippen LogP contribution < -0.4 is 11.1 Å². The number of rotatable bonds is 1. The van der Waals surface area contributed by atoms with Crippen molar-refractivity contribution in [3.8, 4) is 11.8 Å². The molecule has 0 radical (unpaired) electrons. The van der Waals surface area contributed by atoms with Gasteiger partial charge in [0.25, 0.3) is 0 Å². The molecule has 0 aliphatic heterocycles. The Balaban J connectivity index is 3.02. The summed E-state index contributed by atoms with van der Waals surface area (Å²) in [5.41, 5.74) is 6.12. The van der Waals surface area contributed by atoms with Gasteiger partial charge in [0.05, 0.1) is 17.8 Å². The van der Waals surface area contributed by atoms with Gasteiger partial charge in [0.2, 0.25) is 0 Å². The van der Waals surface area contributed by atoms with E-state index in [4.69, 9.17) is 5.73 Å². The number of hydrogen-bond acceptors (Lipinski definition) is 2. The van der Waals surface area contributed by atoms with Crippen molar-refractivity contribution in [2.24, 2.45) is 5.73 Å². The van der Waals surface area contributed by atoms with E-state index in [1.54, 1.807) is 14.1 Å². The molecule has 0 heterocycles. The molecular weight excluding hydrogens is 221 g/mol. The smallest absolute Gasteiger partial charge is 0.321 e. The molecule has 1 aromatic rings. The third-order valence-electron chi connectivity index (χ3n) is 1.95. The van der Waals surface area contributed by atoms with Crippen LogP contribution in [0.1, 0.15) is 5.56 Å². The number of nitrogens with two attached hydrogens (primary N) is 1. The van der Waals surface area contributed by atoms with Gasteiger partial charge in [-0.3, -0.25) is 0 Å². The monoisotopic (exact) mass is 235 g/mol. The van der Waals surface area contributed by atoms with E-state index in [1.807, 2.05) is 0 Å².